The smallest absolute Gasteiger partial charge is 0.324 e. The van der Waals surface area contributed by atoms with Crippen LogP contribution in [0.25, 0.3) is 0 Å². The number of piperidine rings is 1. The molecule has 0 spiro atoms. The monoisotopic (exact) mass is 570 g/mol. The molecule has 0 unspecified atom stereocenters. The van der Waals surface area contributed by atoms with Crippen molar-refractivity contribution in [3.05, 3.63) is 59.4 Å². The zero-order chi connectivity index (χ0) is 28.7. The van der Waals surface area contributed by atoms with Gasteiger partial charge >= 0.3 is 6.03 Å². The van der Waals surface area contributed by atoms with Gasteiger partial charge in [-0.1, -0.05) is 24.6 Å². The summed E-state index contributed by atoms with van der Waals surface area (Å²) in [6.45, 7) is 9.17. The molecular weight excluding hydrogens is 532 g/mol. The van der Waals surface area contributed by atoms with E-state index in [9.17, 15) is 13.2 Å². The number of nitrogens with zero attached hydrogens (tertiary/aromatic N) is 4. The van der Waals surface area contributed by atoms with Crippen LogP contribution in [0.2, 0.25) is 0 Å². The van der Waals surface area contributed by atoms with Crippen LogP contribution in [0.4, 0.5) is 16.4 Å². The van der Waals surface area contributed by atoms with Crippen molar-refractivity contribution in [2.45, 2.75) is 59.0 Å². The van der Waals surface area contributed by atoms with Gasteiger partial charge in [-0.05, 0) is 62.9 Å². The lowest BCUT2D eigenvalue weighted by molar-refractivity contribution is 0.122. The molecular formula is C28H38N6O5S. The van der Waals surface area contributed by atoms with Gasteiger partial charge in [-0.3, -0.25) is 14.9 Å². The Labute approximate surface area is 235 Å². The number of urea groups is 1. The second kappa shape index (κ2) is 13.1. The number of sulfonamides is 1. The molecule has 1 aromatic carbocycles. The molecule has 0 saturated carbocycles. The fourth-order valence-corrected chi connectivity index (χ4v) is 5.29. The minimum Gasteiger partial charge on any atom is -0.439 e. The lowest BCUT2D eigenvalue weighted by atomic mass is 10.0. The number of anilines is 2. The molecule has 0 aliphatic carbocycles. The highest BCUT2D eigenvalue weighted by Crippen LogP contribution is 2.25. The number of rotatable bonds is 11. The Kier molecular flexibility index (Phi) is 9.64. The third-order valence-corrected chi connectivity index (χ3v) is 7.42. The summed E-state index contributed by atoms with van der Waals surface area (Å²) in [6, 6.07) is 12.3. The molecule has 2 aromatic heterocycles. The van der Waals surface area contributed by atoms with Crippen molar-refractivity contribution in [1.29, 1.82) is 0 Å². The van der Waals surface area contributed by atoms with Crippen molar-refractivity contribution in [2.75, 3.05) is 35.9 Å². The van der Waals surface area contributed by atoms with Crippen molar-refractivity contribution >= 4 is 27.6 Å². The fraction of sp³-hybridized carbons (Fsp3) is 0.464. The number of likely N-dealkylation sites (tertiary alicyclic amines) is 1. The number of ether oxygens (including phenoxy) is 1. The Morgan fingerprint density at radius 3 is 2.48 bits per heavy atom. The minimum atomic E-state index is -3.33. The standard InChI is InChI=1S/C28H38N6O5S/c1-5-6-15-34(28(35)30-27-18-20(2)31-39-27)24-13-16-33(17-14-24)19-22-7-12-26(29-21(22)3)38-25-10-8-23(9-11-25)32-40(4,36)37/h7-12,18,24,32H,5-6,13-17,19H2,1-4H3,(H,30,35). The van der Waals surface area contributed by atoms with E-state index in [0.717, 1.165) is 68.5 Å². The average Bonchev–Trinajstić information content (AvgIpc) is 3.31. The van der Waals surface area contributed by atoms with Gasteiger partial charge in [0.15, 0.2) is 0 Å². The van der Waals surface area contributed by atoms with E-state index >= 15 is 0 Å². The summed E-state index contributed by atoms with van der Waals surface area (Å²) in [5.74, 6) is 1.41. The molecule has 4 rings (SSSR count). The van der Waals surface area contributed by atoms with E-state index in [1.807, 2.05) is 30.9 Å². The number of benzene rings is 1. The van der Waals surface area contributed by atoms with Crippen LogP contribution in [-0.4, -0.2) is 66.3 Å². The van der Waals surface area contributed by atoms with Gasteiger partial charge < -0.3 is 14.2 Å². The number of carbonyl (C=O) groups is 1. The Morgan fingerprint density at radius 1 is 1.15 bits per heavy atom. The lowest BCUT2D eigenvalue weighted by Gasteiger charge is -2.38. The summed E-state index contributed by atoms with van der Waals surface area (Å²) < 4.78 is 36.2. The van der Waals surface area contributed by atoms with E-state index < -0.39 is 10.0 Å². The number of hydrogen-bond donors (Lipinski definition) is 2. The molecule has 1 aliphatic heterocycles. The topological polar surface area (TPSA) is 130 Å². The van der Waals surface area contributed by atoms with Gasteiger partial charge in [0.25, 0.3) is 0 Å². The van der Waals surface area contributed by atoms with Gasteiger partial charge in [0.1, 0.15) is 5.75 Å². The molecule has 11 nitrogen and oxygen atoms in total. The van der Waals surface area contributed by atoms with Gasteiger partial charge in [0.05, 0.1) is 11.9 Å². The number of amides is 2. The first-order valence-corrected chi connectivity index (χ1v) is 15.4. The predicted octanol–water partition coefficient (Wildman–Crippen LogP) is 5.15. The third-order valence-electron chi connectivity index (χ3n) is 6.81. The molecule has 0 radical (unpaired) electrons. The molecule has 12 heteroatoms. The summed E-state index contributed by atoms with van der Waals surface area (Å²) in [6.07, 6.45) is 4.86. The highest BCUT2D eigenvalue weighted by atomic mass is 32.2. The molecule has 2 N–H and O–H groups in total. The normalized spacial score (nSPS) is 14.6. The van der Waals surface area contributed by atoms with Gasteiger partial charge in [0, 0.05) is 55.7 Å². The third kappa shape index (κ3) is 8.43. The van der Waals surface area contributed by atoms with Gasteiger partial charge in [-0.2, -0.15) is 0 Å². The number of pyridine rings is 1. The fourth-order valence-electron chi connectivity index (χ4n) is 4.72. The van der Waals surface area contributed by atoms with Crippen molar-refractivity contribution in [3.63, 3.8) is 0 Å². The number of carbonyl (C=O) groups excluding carboxylic acids is 1. The van der Waals surface area contributed by atoms with E-state index in [0.29, 0.717) is 29.7 Å². The maximum absolute atomic E-state index is 13.0. The van der Waals surface area contributed by atoms with Crippen LogP contribution >= 0.6 is 0 Å². The summed E-state index contributed by atoms with van der Waals surface area (Å²) in [7, 11) is -3.33. The van der Waals surface area contributed by atoms with Crippen LogP contribution < -0.4 is 14.8 Å². The summed E-state index contributed by atoms with van der Waals surface area (Å²) >= 11 is 0. The Balaban J connectivity index is 1.30. The summed E-state index contributed by atoms with van der Waals surface area (Å²) in [5.41, 5.74) is 3.21. The number of aromatic nitrogens is 2. The molecule has 3 aromatic rings. The first-order chi connectivity index (χ1) is 19.1. The molecule has 1 aliphatic rings. The van der Waals surface area contributed by atoms with Crippen LogP contribution in [-0.2, 0) is 16.6 Å². The largest absolute Gasteiger partial charge is 0.439 e. The van der Waals surface area contributed by atoms with Crippen LogP contribution in [0.5, 0.6) is 11.6 Å². The lowest BCUT2D eigenvalue weighted by Crippen LogP contribution is -2.49. The summed E-state index contributed by atoms with van der Waals surface area (Å²) in [5, 5.41) is 6.71. The second-order valence-electron chi connectivity index (χ2n) is 10.2. The first-order valence-electron chi connectivity index (χ1n) is 13.5. The molecule has 1 fully saturated rings. The van der Waals surface area contributed by atoms with Gasteiger partial charge in [-0.15, -0.1) is 0 Å². The van der Waals surface area contributed by atoms with Crippen molar-refractivity contribution in [2.24, 2.45) is 0 Å². The van der Waals surface area contributed by atoms with E-state index in [-0.39, 0.29) is 12.1 Å². The predicted molar refractivity (Wildman–Crippen MR) is 154 cm³/mol. The molecule has 3 heterocycles. The minimum absolute atomic E-state index is 0.139. The van der Waals surface area contributed by atoms with E-state index in [1.54, 1.807) is 30.3 Å². The molecule has 0 bridgehead atoms. The Morgan fingerprint density at radius 2 is 1.88 bits per heavy atom. The highest BCUT2D eigenvalue weighted by molar-refractivity contribution is 7.92. The Hall–Kier alpha value is -3.64. The van der Waals surface area contributed by atoms with Crippen LogP contribution in [0.1, 0.15) is 49.6 Å². The van der Waals surface area contributed by atoms with E-state index in [4.69, 9.17) is 9.26 Å². The van der Waals surface area contributed by atoms with Crippen molar-refractivity contribution in [3.8, 4) is 11.6 Å². The van der Waals surface area contributed by atoms with Crippen LogP contribution in [0.15, 0.2) is 47.0 Å². The maximum atomic E-state index is 13.0. The zero-order valence-electron chi connectivity index (χ0n) is 23.5. The summed E-state index contributed by atoms with van der Waals surface area (Å²) in [4.78, 5) is 22.0. The molecule has 2 amide bonds. The first kappa shape index (κ1) is 29.3. The average molecular weight is 571 g/mol. The van der Waals surface area contributed by atoms with Crippen molar-refractivity contribution < 1.29 is 22.5 Å². The highest BCUT2D eigenvalue weighted by Gasteiger charge is 2.28. The molecule has 216 valence electrons. The zero-order valence-corrected chi connectivity index (χ0v) is 24.3. The van der Waals surface area contributed by atoms with Gasteiger partial charge in [0.2, 0.25) is 21.8 Å². The second-order valence-corrected chi connectivity index (χ2v) is 12.0. The number of nitrogens with one attached hydrogen (secondary N) is 2. The van der Waals surface area contributed by atoms with Gasteiger partial charge in [-0.25, -0.2) is 18.2 Å². The quantitative estimate of drug-likeness (QED) is 0.324. The van der Waals surface area contributed by atoms with E-state index in [2.05, 4.69) is 32.0 Å². The molecule has 1 saturated heterocycles. The molecule has 40 heavy (non-hydrogen) atoms. The number of aryl methyl sites for hydroxylation is 2. The van der Waals surface area contributed by atoms with Crippen LogP contribution in [0.3, 0.4) is 0 Å². The van der Waals surface area contributed by atoms with Crippen LogP contribution in [0, 0.1) is 13.8 Å². The Bertz CT molecular complexity index is 1380. The number of unbranched alkanes of at least 4 members (excludes halogenated alkanes) is 1. The number of hydrogen-bond acceptors (Lipinski definition) is 8. The van der Waals surface area contributed by atoms with E-state index in [1.165, 1.54) is 0 Å². The maximum Gasteiger partial charge on any atom is 0.324 e. The SMILES string of the molecule is CCCCN(C(=O)Nc1cc(C)no1)C1CCN(Cc2ccc(Oc3ccc(NS(C)(=O)=O)cc3)nc2C)CC1. The van der Waals surface area contributed by atoms with Crippen molar-refractivity contribution in [1.82, 2.24) is 19.9 Å². The molecule has 0 atom stereocenters.